The first-order chi connectivity index (χ1) is 9.70. The summed E-state index contributed by atoms with van der Waals surface area (Å²) in [5, 5.41) is 6.30. The average Bonchev–Trinajstić information content (AvgIpc) is 2.88. The lowest BCUT2D eigenvalue weighted by Crippen LogP contribution is -2.01. The van der Waals surface area contributed by atoms with Crippen molar-refractivity contribution in [2.45, 2.75) is 0 Å². The number of thiazole rings is 1. The predicted molar refractivity (Wildman–Crippen MR) is 80.1 cm³/mol. The Bertz CT molecular complexity index is 727. The number of halogens is 1. The molecule has 0 saturated heterocycles. The number of hydrogen-bond donors (Lipinski definition) is 2. The monoisotopic (exact) mass is 304 g/mol. The molecule has 0 aliphatic heterocycles. The van der Waals surface area contributed by atoms with Gasteiger partial charge in [-0.3, -0.25) is 5.32 Å². The molecule has 6 nitrogen and oxygen atoms in total. The summed E-state index contributed by atoms with van der Waals surface area (Å²) in [5.41, 5.74) is 7.34. The van der Waals surface area contributed by atoms with Gasteiger partial charge in [0, 0.05) is 16.0 Å². The van der Waals surface area contributed by atoms with Gasteiger partial charge in [0.05, 0.1) is 5.69 Å². The SMILES string of the molecule is Nc1ncnc(Nc2nc(-c3ccc(Cl)cc3)cs2)n1. The van der Waals surface area contributed by atoms with E-state index in [2.05, 4.69) is 25.3 Å². The van der Waals surface area contributed by atoms with E-state index in [1.165, 1.54) is 17.7 Å². The van der Waals surface area contributed by atoms with E-state index in [1.807, 2.05) is 29.6 Å². The maximum atomic E-state index is 5.86. The predicted octanol–water partition coefficient (Wildman–Crippen LogP) is 2.97. The van der Waals surface area contributed by atoms with Crippen LogP contribution in [0.25, 0.3) is 11.3 Å². The van der Waals surface area contributed by atoms with Crippen LogP contribution in [0.1, 0.15) is 0 Å². The van der Waals surface area contributed by atoms with Crippen molar-refractivity contribution in [3.63, 3.8) is 0 Å². The zero-order chi connectivity index (χ0) is 13.9. The Labute approximate surface area is 123 Å². The summed E-state index contributed by atoms with van der Waals surface area (Å²) < 4.78 is 0. The standard InChI is InChI=1S/C12H9ClN6S/c13-8-3-1-7(2-4-8)9-5-20-12(17-9)19-11-16-6-15-10(14)18-11/h1-6H,(H3,14,15,16,17,18,19). The molecule has 0 atom stereocenters. The van der Waals surface area contributed by atoms with Gasteiger partial charge in [0.15, 0.2) is 5.13 Å². The molecule has 0 fully saturated rings. The second kappa shape index (κ2) is 5.40. The average molecular weight is 305 g/mol. The first-order valence-corrected chi connectivity index (χ1v) is 6.89. The summed E-state index contributed by atoms with van der Waals surface area (Å²) in [5.74, 6) is 0.534. The fraction of sp³-hybridized carbons (Fsp3) is 0. The second-order valence-electron chi connectivity index (χ2n) is 3.84. The van der Waals surface area contributed by atoms with Crippen molar-refractivity contribution in [2.75, 3.05) is 11.1 Å². The van der Waals surface area contributed by atoms with E-state index in [-0.39, 0.29) is 5.95 Å². The molecular formula is C12H9ClN6S. The highest BCUT2D eigenvalue weighted by molar-refractivity contribution is 7.14. The lowest BCUT2D eigenvalue weighted by molar-refractivity contribution is 1.07. The maximum absolute atomic E-state index is 5.86. The van der Waals surface area contributed by atoms with Crippen molar-refractivity contribution in [3.05, 3.63) is 41.0 Å². The minimum Gasteiger partial charge on any atom is -0.368 e. The number of nitrogens with zero attached hydrogens (tertiary/aromatic N) is 4. The van der Waals surface area contributed by atoms with Gasteiger partial charge in [-0.05, 0) is 12.1 Å². The van der Waals surface area contributed by atoms with Gasteiger partial charge in [-0.15, -0.1) is 11.3 Å². The number of nitrogens with one attached hydrogen (secondary N) is 1. The van der Waals surface area contributed by atoms with Crippen molar-refractivity contribution in [1.82, 2.24) is 19.9 Å². The molecule has 8 heteroatoms. The second-order valence-corrected chi connectivity index (χ2v) is 5.13. The van der Waals surface area contributed by atoms with Crippen molar-refractivity contribution in [3.8, 4) is 11.3 Å². The van der Waals surface area contributed by atoms with Crippen LogP contribution < -0.4 is 11.1 Å². The van der Waals surface area contributed by atoms with Gasteiger partial charge >= 0.3 is 0 Å². The van der Waals surface area contributed by atoms with Gasteiger partial charge < -0.3 is 5.73 Å². The smallest absolute Gasteiger partial charge is 0.233 e. The van der Waals surface area contributed by atoms with Crippen LogP contribution in [0.5, 0.6) is 0 Å². The molecule has 0 amide bonds. The maximum Gasteiger partial charge on any atom is 0.233 e. The van der Waals surface area contributed by atoms with E-state index >= 15 is 0 Å². The molecule has 20 heavy (non-hydrogen) atoms. The van der Waals surface area contributed by atoms with Crippen LogP contribution in [-0.4, -0.2) is 19.9 Å². The quantitative estimate of drug-likeness (QED) is 0.773. The Balaban J connectivity index is 1.82. The Kier molecular flexibility index (Phi) is 3.44. The molecule has 1 aromatic carbocycles. The van der Waals surface area contributed by atoms with Gasteiger partial charge in [-0.1, -0.05) is 23.7 Å². The first kappa shape index (κ1) is 12.8. The Morgan fingerprint density at radius 3 is 2.65 bits per heavy atom. The molecule has 2 heterocycles. The molecule has 3 aromatic rings. The van der Waals surface area contributed by atoms with Crippen LogP contribution in [0.15, 0.2) is 36.0 Å². The zero-order valence-corrected chi connectivity index (χ0v) is 11.7. The number of nitrogen functional groups attached to an aromatic ring is 1. The van der Waals surface area contributed by atoms with E-state index in [4.69, 9.17) is 17.3 Å². The molecule has 0 saturated carbocycles. The van der Waals surface area contributed by atoms with Crippen molar-refractivity contribution in [1.29, 1.82) is 0 Å². The zero-order valence-electron chi connectivity index (χ0n) is 10.1. The van der Waals surface area contributed by atoms with Gasteiger partial charge in [-0.25, -0.2) is 15.0 Å². The number of aromatic nitrogens is 4. The molecular weight excluding hydrogens is 296 g/mol. The third-order valence-corrected chi connectivity index (χ3v) is 3.46. The fourth-order valence-electron chi connectivity index (χ4n) is 1.55. The topological polar surface area (TPSA) is 89.6 Å². The summed E-state index contributed by atoms with van der Waals surface area (Å²) in [6.07, 6.45) is 1.35. The lowest BCUT2D eigenvalue weighted by atomic mass is 10.2. The molecule has 3 rings (SSSR count). The highest BCUT2D eigenvalue weighted by atomic mass is 35.5. The van der Waals surface area contributed by atoms with E-state index in [1.54, 1.807) is 0 Å². The summed E-state index contributed by atoms with van der Waals surface area (Å²) in [4.78, 5) is 16.1. The van der Waals surface area contributed by atoms with E-state index < -0.39 is 0 Å². The molecule has 0 spiro atoms. The summed E-state index contributed by atoms with van der Waals surface area (Å²) in [6, 6.07) is 7.50. The Hall–Kier alpha value is -2.25. The Morgan fingerprint density at radius 1 is 1.10 bits per heavy atom. The minimum absolute atomic E-state index is 0.164. The van der Waals surface area contributed by atoms with Crippen LogP contribution in [0, 0.1) is 0 Å². The summed E-state index contributed by atoms with van der Waals surface area (Å²) in [7, 11) is 0. The molecule has 100 valence electrons. The molecule has 0 aliphatic rings. The third-order valence-electron chi connectivity index (χ3n) is 2.45. The number of nitrogens with two attached hydrogens (primary N) is 1. The van der Waals surface area contributed by atoms with Crippen LogP contribution in [0.3, 0.4) is 0 Å². The molecule has 0 aliphatic carbocycles. The number of benzene rings is 1. The molecule has 0 bridgehead atoms. The van der Waals surface area contributed by atoms with Crippen LogP contribution in [-0.2, 0) is 0 Å². The van der Waals surface area contributed by atoms with Gasteiger partial charge in [0.2, 0.25) is 11.9 Å². The number of anilines is 3. The summed E-state index contributed by atoms with van der Waals surface area (Å²) >= 11 is 7.31. The third kappa shape index (κ3) is 2.84. The lowest BCUT2D eigenvalue weighted by Gasteiger charge is -2.00. The van der Waals surface area contributed by atoms with E-state index in [9.17, 15) is 0 Å². The highest BCUT2D eigenvalue weighted by Gasteiger charge is 2.06. The van der Waals surface area contributed by atoms with E-state index in [0.717, 1.165) is 11.3 Å². The van der Waals surface area contributed by atoms with Gasteiger partial charge in [0.25, 0.3) is 0 Å². The van der Waals surface area contributed by atoms with Crippen molar-refractivity contribution in [2.24, 2.45) is 0 Å². The molecule has 0 unspecified atom stereocenters. The largest absolute Gasteiger partial charge is 0.368 e. The summed E-state index contributed by atoms with van der Waals surface area (Å²) in [6.45, 7) is 0. The molecule has 3 N–H and O–H groups in total. The highest BCUT2D eigenvalue weighted by Crippen LogP contribution is 2.27. The van der Waals surface area contributed by atoms with Crippen LogP contribution >= 0.6 is 22.9 Å². The van der Waals surface area contributed by atoms with Crippen LogP contribution in [0.4, 0.5) is 17.0 Å². The van der Waals surface area contributed by atoms with Gasteiger partial charge in [0.1, 0.15) is 6.33 Å². The number of rotatable bonds is 3. The fourth-order valence-corrected chi connectivity index (χ4v) is 2.39. The number of hydrogen-bond acceptors (Lipinski definition) is 7. The van der Waals surface area contributed by atoms with E-state index in [0.29, 0.717) is 16.1 Å². The van der Waals surface area contributed by atoms with Crippen molar-refractivity contribution < 1.29 is 0 Å². The minimum atomic E-state index is 0.164. The van der Waals surface area contributed by atoms with Crippen LogP contribution in [0.2, 0.25) is 5.02 Å². The molecule has 2 aromatic heterocycles. The Morgan fingerprint density at radius 2 is 1.90 bits per heavy atom. The molecule has 0 radical (unpaired) electrons. The van der Waals surface area contributed by atoms with Gasteiger partial charge in [-0.2, -0.15) is 4.98 Å². The normalized spacial score (nSPS) is 10.4. The first-order valence-electron chi connectivity index (χ1n) is 5.64. The van der Waals surface area contributed by atoms with Crippen molar-refractivity contribution >= 4 is 40.0 Å².